The maximum atomic E-state index is 12.6. The third-order valence-electron chi connectivity index (χ3n) is 4.70. The van der Waals surface area contributed by atoms with Gasteiger partial charge in [-0.05, 0) is 48.4 Å². The summed E-state index contributed by atoms with van der Waals surface area (Å²) in [6.07, 6.45) is 3.77. The van der Waals surface area contributed by atoms with Crippen LogP contribution in [-0.4, -0.2) is 26.6 Å². The molecular formula is C20H26O7S2. The molecule has 0 saturated heterocycles. The number of aryl methyl sites for hydroxylation is 1. The monoisotopic (exact) mass is 442 g/mol. The summed E-state index contributed by atoms with van der Waals surface area (Å²) in [5.41, 5.74) is 1.38. The normalized spacial score (nSPS) is 12.3. The highest BCUT2D eigenvalue weighted by Gasteiger charge is 2.34. The Balaban J connectivity index is 3.04. The van der Waals surface area contributed by atoms with Gasteiger partial charge in [-0.15, -0.1) is 4.33 Å². The maximum Gasteiger partial charge on any atom is 0.325 e. The molecule has 2 aromatic carbocycles. The average Bonchev–Trinajstić information content (AvgIpc) is 2.69. The highest BCUT2D eigenvalue weighted by molar-refractivity contribution is 7.89. The second kappa shape index (κ2) is 9.82. The summed E-state index contributed by atoms with van der Waals surface area (Å²) >= 11 is 0. The van der Waals surface area contributed by atoms with Gasteiger partial charge in [0.2, 0.25) is 0 Å². The predicted octanol–water partition coefficient (Wildman–Crippen LogP) is 4.46. The molecule has 0 aliphatic carbocycles. The minimum absolute atomic E-state index is 0.0543. The molecule has 0 atom stereocenters. The molecule has 29 heavy (non-hydrogen) atoms. The Morgan fingerprint density at radius 1 is 0.897 bits per heavy atom. The molecule has 2 aromatic rings. The van der Waals surface area contributed by atoms with Crippen molar-refractivity contribution in [3.8, 4) is 11.1 Å². The van der Waals surface area contributed by atoms with Crippen LogP contribution in [0.4, 0.5) is 0 Å². The SMILES string of the molecule is CCCCc1cc(-c2ccccc2)c(S(=O)(=O)OO)c(S(=O)(=O)O)c1CCCC. The summed E-state index contributed by atoms with van der Waals surface area (Å²) in [6.45, 7) is 3.91. The van der Waals surface area contributed by atoms with Gasteiger partial charge >= 0.3 is 10.1 Å². The van der Waals surface area contributed by atoms with Crippen LogP contribution in [0.15, 0.2) is 46.2 Å². The lowest BCUT2D eigenvalue weighted by Crippen LogP contribution is -2.17. The summed E-state index contributed by atoms with van der Waals surface area (Å²) in [5.74, 6) is 0. The molecule has 0 aliphatic rings. The van der Waals surface area contributed by atoms with Gasteiger partial charge in [-0.2, -0.15) is 16.8 Å². The highest BCUT2D eigenvalue weighted by Crippen LogP contribution is 2.39. The minimum atomic E-state index is -4.94. The van der Waals surface area contributed by atoms with Gasteiger partial charge in [0.15, 0.2) is 0 Å². The molecule has 160 valence electrons. The van der Waals surface area contributed by atoms with Gasteiger partial charge in [0.25, 0.3) is 10.1 Å². The fourth-order valence-corrected chi connectivity index (χ4v) is 5.72. The zero-order valence-corrected chi connectivity index (χ0v) is 18.1. The van der Waals surface area contributed by atoms with Crippen LogP contribution in [-0.2, 0) is 37.4 Å². The molecule has 0 fully saturated rings. The molecule has 2 N–H and O–H groups in total. The molecule has 0 radical (unpaired) electrons. The molecule has 9 heteroatoms. The molecule has 0 saturated carbocycles. The molecule has 0 heterocycles. The van der Waals surface area contributed by atoms with Gasteiger partial charge < -0.3 is 0 Å². The molecular weight excluding hydrogens is 416 g/mol. The van der Waals surface area contributed by atoms with Crippen LogP contribution in [0.1, 0.15) is 50.7 Å². The van der Waals surface area contributed by atoms with Crippen molar-refractivity contribution >= 4 is 20.2 Å². The van der Waals surface area contributed by atoms with Gasteiger partial charge in [-0.1, -0.05) is 57.0 Å². The van der Waals surface area contributed by atoms with Gasteiger partial charge in [0, 0.05) is 5.56 Å². The Labute approximate surface area is 172 Å². The Morgan fingerprint density at radius 3 is 2.00 bits per heavy atom. The first kappa shape index (κ1) is 23.5. The van der Waals surface area contributed by atoms with Crippen LogP contribution >= 0.6 is 0 Å². The van der Waals surface area contributed by atoms with E-state index in [1.54, 1.807) is 36.4 Å². The Hall–Kier alpha value is -1.78. The van der Waals surface area contributed by atoms with Crippen molar-refractivity contribution in [2.75, 3.05) is 0 Å². The fourth-order valence-electron chi connectivity index (χ4n) is 3.34. The Kier molecular flexibility index (Phi) is 7.95. The number of rotatable bonds is 10. The highest BCUT2D eigenvalue weighted by atomic mass is 32.2. The van der Waals surface area contributed by atoms with Crippen molar-refractivity contribution in [1.82, 2.24) is 0 Å². The van der Waals surface area contributed by atoms with Gasteiger partial charge in [0.1, 0.15) is 9.79 Å². The van der Waals surface area contributed by atoms with Crippen LogP contribution < -0.4 is 0 Å². The van der Waals surface area contributed by atoms with Crippen molar-refractivity contribution < 1.29 is 31.0 Å². The van der Waals surface area contributed by atoms with Gasteiger partial charge in [-0.25, -0.2) is 5.26 Å². The quantitative estimate of drug-likeness (QED) is 0.317. The molecule has 0 unspecified atom stereocenters. The standard InChI is InChI=1S/C20H26O7S2/c1-3-5-10-16-14-18(15-11-8-7-9-12-15)20(29(25,26)27-21)19(28(22,23)24)17(16)13-6-4-2/h7-9,11-12,14,21H,3-6,10,13H2,1-2H3,(H,22,23,24). The summed E-state index contributed by atoms with van der Waals surface area (Å²) < 4.78 is 63.6. The molecule has 0 aromatic heterocycles. The van der Waals surface area contributed by atoms with Crippen LogP contribution in [0.2, 0.25) is 0 Å². The largest absolute Gasteiger partial charge is 0.325 e. The Bertz CT molecular complexity index is 1040. The fraction of sp³-hybridized carbons (Fsp3) is 0.400. The second-order valence-electron chi connectivity index (χ2n) is 6.80. The number of hydrogen-bond donors (Lipinski definition) is 2. The number of benzene rings is 2. The average molecular weight is 443 g/mol. The minimum Gasteiger partial charge on any atom is -0.282 e. The summed E-state index contributed by atoms with van der Waals surface area (Å²) in [7, 11) is -9.80. The summed E-state index contributed by atoms with van der Waals surface area (Å²) in [4.78, 5) is -1.47. The van der Waals surface area contributed by atoms with Crippen molar-refractivity contribution in [2.45, 2.75) is 62.2 Å². The molecule has 0 aliphatic heterocycles. The van der Waals surface area contributed by atoms with Crippen molar-refractivity contribution in [3.63, 3.8) is 0 Å². The van der Waals surface area contributed by atoms with E-state index in [4.69, 9.17) is 5.26 Å². The van der Waals surface area contributed by atoms with E-state index in [9.17, 15) is 21.4 Å². The van der Waals surface area contributed by atoms with Gasteiger partial charge in [-0.3, -0.25) is 4.55 Å². The van der Waals surface area contributed by atoms with Crippen LogP contribution in [0.5, 0.6) is 0 Å². The van der Waals surface area contributed by atoms with Crippen molar-refractivity contribution in [2.24, 2.45) is 0 Å². The summed E-state index contributed by atoms with van der Waals surface area (Å²) in [6, 6.07) is 9.95. The molecule has 0 spiro atoms. The Morgan fingerprint density at radius 2 is 1.48 bits per heavy atom. The van der Waals surface area contributed by atoms with E-state index in [2.05, 4.69) is 4.33 Å². The van der Waals surface area contributed by atoms with Crippen molar-refractivity contribution in [1.29, 1.82) is 0 Å². The molecule has 2 rings (SSSR count). The zero-order valence-electron chi connectivity index (χ0n) is 16.5. The first-order valence-corrected chi connectivity index (χ1v) is 12.3. The lowest BCUT2D eigenvalue weighted by molar-refractivity contribution is -0.130. The number of hydrogen-bond acceptors (Lipinski definition) is 6. The maximum absolute atomic E-state index is 12.6. The lowest BCUT2D eigenvalue weighted by Gasteiger charge is -2.20. The number of unbranched alkanes of at least 4 members (excludes halogenated alkanes) is 2. The van der Waals surface area contributed by atoms with E-state index in [1.807, 2.05) is 13.8 Å². The van der Waals surface area contributed by atoms with E-state index in [1.165, 1.54) is 0 Å². The lowest BCUT2D eigenvalue weighted by atomic mass is 9.93. The topological polar surface area (TPSA) is 118 Å². The van der Waals surface area contributed by atoms with Crippen LogP contribution in [0, 0.1) is 0 Å². The summed E-state index contributed by atoms with van der Waals surface area (Å²) in [5, 5.41) is 9.02. The van der Waals surface area contributed by atoms with E-state index >= 15 is 0 Å². The van der Waals surface area contributed by atoms with Gasteiger partial charge in [0.05, 0.1) is 0 Å². The second-order valence-corrected chi connectivity index (χ2v) is 9.62. The van der Waals surface area contributed by atoms with Crippen molar-refractivity contribution in [3.05, 3.63) is 47.5 Å². The molecule has 7 nitrogen and oxygen atoms in total. The predicted molar refractivity (Wildman–Crippen MR) is 110 cm³/mol. The van der Waals surface area contributed by atoms with Crippen LogP contribution in [0.25, 0.3) is 11.1 Å². The third-order valence-corrected chi connectivity index (χ3v) is 6.92. The first-order chi connectivity index (χ1) is 13.7. The van der Waals surface area contributed by atoms with E-state index in [0.29, 0.717) is 24.0 Å². The smallest absolute Gasteiger partial charge is 0.282 e. The van der Waals surface area contributed by atoms with Crippen LogP contribution in [0.3, 0.4) is 0 Å². The third kappa shape index (κ3) is 5.43. The molecule has 0 amide bonds. The van der Waals surface area contributed by atoms with E-state index in [0.717, 1.165) is 19.3 Å². The zero-order chi connectivity index (χ0) is 21.7. The first-order valence-electron chi connectivity index (χ1n) is 9.47. The molecule has 0 bridgehead atoms. The van der Waals surface area contributed by atoms with E-state index in [-0.39, 0.29) is 17.5 Å². The van der Waals surface area contributed by atoms with E-state index < -0.39 is 30.0 Å².